The molecule has 2 saturated heterocycles. The number of likely N-dealkylation sites (N-methyl/N-ethyl adjacent to an activating group) is 1. The van der Waals surface area contributed by atoms with E-state index in [-0.39, 0.29) is 35.3 Å². The summed E-state index contributed by atoms with van der Waals surface area (Å²) in [6, 6.07) is 6.05. The van der Waals surface area contributed by atoms with E-state index in [2.05, 4.69) is 4.90 Å². The van der Waals surface area contributed by atoms with Crippen molar-refractivity contribution in [2.75, 3.05) is 31.1 Å². The number of amides is 1. The average Bonchev–Trinajstić information content (AvgIpc) is 2.90. The minimum Gasteiger partial charge on any atom is -0.336 e. The predicted octanol–water partition coefficient (Wildman–Crippen LogP) is 1.48. The summed E-state index contributed by atoms with van der Waals surface area (Å²) >= 11 is 0. The second-order valence-electron chi connectivity index (χ2n) is 6.91. The van der Waals surface area contributed by atoms with E-state index in [0.717, 1.165) is 18.7 Å². The van der Waals surface area contributed by atoms with Gasteiger partial charge in [-0.1, -0.05) is 19.1 Å². The first-order valence-electron chi connectivity index (χ1n) is 8.88. The molecule has 3 rings (SSSR count). The Bertz CT molecular complexity index is 720. The van der Waals surface area contributed by atoms with E-state index < -0.39 is 9.84 Å². The average molecular weight is 368 g/mol. The lowest BCUT2D eigenvalue weighted by Crippen LogP contribution is -2.60. The van der Waals surface area contributed by atoms with Gasteiger partial charge in [0.2, 0.25) is 5.91 Å². The van der Waals surface area contributed by atoms with Gasteiger partial charge in [0.05, 0.1) is 17.5 Å². The molecule has 2 aliphatic rings. The zero-order chi connectivity index (χ0) is 18.0. The van der Waals surface area contributed by atoms with Crippen molar-refractivity contribution in [2.45, 2.75) is 38.3 Å². The highest BCUT2D eigenvalue weighted by Gasteiger charge is 2.47. The molecule has 0 radical (unpaired) electrons. The monoisotopic (exact) mass is 368 g/mol. The van der Waals surface area contributed by atoms with Crippen molar-refractivity contribution in [1.82, 2.24) is 9.80 Å². The number of fused-ring (bicyclic) bond motifs is 1. The molecule has 0 unspecified atom stereocenters. The molecule has 1 aromatic carbocycles. The Kier molecular flexibility index (Phi) is 5.43. The van der Waals surface area contributed by atoms with Crippen molar-refractivity contribution in [3.05, 3.63) is 35.6 Å². The zero-order valence-electron chi connectivity index (χ0n) is 14.5. The normalized spacial score (nSPS) is 25.8. The van der Waals surface area contributed by atoms with Gasteiger partial charge in [-0.15, -0.1) is 0 Å². The van der Waals surface area contributed by atoms with Gasteiger partial charge in [-0.25, -0.2) is 12.8 Å². The van der Waals surface area contributed by atoms with Crippen LogP contribution in [0.15, 0.2) is 24.3 Å². The number of nitrogens with zero attached hydrogens (tertiary/aromatic N) is 2. The smallest absolute Gasteiger partial charge is 0.222 e. The molecule has 5 nitrogen and oxygen atoms in total. The first-order valence-corrected chi connectivity index (χ1v) is 10.7. The number of rotatable bonds is 5. The predicted molar refractivity (Wildman–Crippen MR) is 94.5 cm³/mol. The van der Waals surface area contributed by atoms with Gasteiger partial charge in [0.1, 0.15) is 5.82 Å². The maximum Gasteiger partial charge on any atom is 0.222 e. The third kappa shape index (κ3) is 4.20. The highest BCUT2D eigenvalue weighted by molar-refractivity contribution is 7.91. The molecule has 7 heteroatoms. The molecule has 0 bridgehead atoms. The Balaban J connectivity index is 1.59. The van der Waals surface area contributed by atoms with Crippen LogP contribution in [0.3, 0.4) is 0 Å². The van der Waals surface area contributed by atoms with Gasteiger partial charge in [-0.05, 0) is 37.1 Å². The van der Waals surface area contributed by atoms with Gasteiger partial charge in [0.25, 0.3) is 0 Å². The second kappa shape index (κ2) is 7.41. The van der Waals surface area contributed by atoms with Crippen molar-refractivity contribution in [2.24, 2.45) is 0 Å². The maximum absolute atomic E-state index is 12.9. The lowest BCUT2D eigenvalue weighted by atomic mass is 10.0. The molecule has 0 aliphatic carbocycles. The number of benzene rings is 1. The molecule has 1 aromatic rings. The summed E-state index contributed by atoms with van der Waals surface area (Å²) in [5.41, 5.74) is 1.01. The van der Waals surface area contributed by atoms with Gasteiger partial charge >= 0.3 is 0 Å². The number of sulfone groups is 1. The molecule has 0 spiro atoms. The number of halogens is 1. The van der Waals surface area contributed by atoms with Crippen LogP contribution in [0.4, 0.5) is 4.39 Å². The fourth-order valence-electron chi connectivity index (χ4n) is 3.97. The van der Waals surface area contributed by atoms with Crippen molar-refractivity contribution < 1.29 is 17.6 Å². The SMILES string of the molecule is CCN1CCN(C(=O)CCCc2ccc(F)cc2)[C@H]2CS(=O)(=O)C[C@H]21. The topological polar surface area (TPSA) is 57.7 Å². The summed E-state index contributed by atoms with van der Waals surface area (Å²) in [6.07, 6.45) is 1.79. The van der Waals surface area contributed by atoms with Crippen LogP contribution in [-0.2, 0) is 21.1 Å². The lowest BCUT2D eigenvalue weighted by molar-refractivity contribution is -0.137. The van der Waals surface area contributed by atoms with Crippen molar-refractivity contribution in [3.8, 4) is 0 Å². The summed E-state index contributed by atoms with van der Waals surface area (Å²) in [5.74, 6) is 0.00926. The number of hydrogen-bond acceptors (Lipinski definition) is 4. The van der Waals surface area contributed by atoms with E-state index in [0.29, 0.717) is 25.8 Å². The van der Waals surface area contributed by atoms with Gasteiger partial charge in [-0.3, -0.25) is 9.69 Å². The van der Waals surface area contributed by atoms with Crippen molar-refractivity contribution in [3.63, 3.8) is 0 Å². The van der Waals surface area contributed by atoms with Crippen LogP contribution in [0.1, 0.15) is 25.3 Å². The highest BCUT2D eigenvalue weighted by Crippen LogP contribution is 2.27. The van der Waals surface area contributed by atoms with Crippen LogP contribution in [0.5, 0.6) is 0 Å². The number of carbonyl (C=O) groups is 1. The summed E-state index contributed by atoms with van der Waals surface area (Å²) in [6.45, 7) is 4.17. The Morgan fingerprint density at radius 1 is 1.16 bits per heavy atom. The molecule has 2 aliphatic heterocycles. The third-order valence-corrected chi connectivity index (χ3v) is 6.99. The van der Waals surface area contributed by atoms with Crippen LogP contribution in [0.25, 0.3) is 0 Å². The quantitative estimate of drug-likeness (QED) is 0.790. The largest absolute Gasteiger partial charge is 0.336 e. The minimum absolute atomic E-state index is 0.0324. The Labute approximate surface area is 148 Å². The van der Waals surface area contributed by atoms with E-state index in [1.165, 1.54) is 12.1 Å². The molecule has 0 saturated carbocycles. The van der Waals surface area contributed by atoms with E-state index in [1.54, 1.807) is 17.0 Å². The molecule has 0 N–H and O–H groups in total. The van der Waals surface area contributed by atoms with Crippen molar-refractivity contribution in [1.29, 1.82) is 0 Å². The van der Waals surface area contributed by atoms with E-state index >= 15 is 0 Å². The molecule has 2 atom stereocenters. The van der Waals surface area contributed by atoms with E-state index in [4.69, 9.17) is 0 Å². The van der Waals surface area contributed by atoms with Gasteiger partial charge in [0, 0.05) is 25.6 Å². The van der Waals surface area contributed by atoms with Crippen LogP contribution < -0.4 is 0 Å². The molecule has 25 heavy (non-hydrogen) atoms. The molecule has 138 valence electrons. The standard InChI is InChI=1S/C18H25FN2O3S/c1-2-20-10-11-21(17-13-25(23,24)12-16(17)20)18(22)5-3-4-14-6-8-15(19)9-7-14/h6-9,16-17H,2-5,10-13H2,1H3/t16-,17+/m1/s1. The molecule has 0 aromatic heterocycles. The summed E-state index contributed by atoms with van der Waals surface area (Å²) in [7, 11) is -3.08. The first kappa shape index (κ1) is 18.3. The number of aryl methyl sites for hydroxylation is 1. The Hall–Kier alpha value is -1.47. The number of hydrogen-bond donors (Lipinski definition) is 0. The van der Waals surface area contributed by atoms with Crippen molar-refractivity contribution >= 4 is 15.7 Å². The second-order valence-corrected chi connectivity index (χ2v) is 9.06. The van der Waals surface area contributed by atoms with Crippen LogP contribution in [-0.4, -0.2) is 67.3 Å². The fraction of sp³-hybridized carbons (Fsp3) is 0.611. The van der Waals surface area contributed by atoms with Gasteiger partial charge < -0.3 is 4.90 Å². The third-order valence-electron chi connectivity index (χ3n) is 5.29. The summed E-state index contributed by atoms with van der Waals surface area (Å²) in [5, 5.41) is 0. The Morgan fingerprint density at radius 3 is 2.52 bits per heavy atom. The number of piperazine rings is 1. The van der Waals surface area contributed by atoms with Crippen LogP contribution in [0, 0.1) is 5.82 Å². The molecular weight excluding hydrogens is 343 g/mol. The molecule has 2 heterocycles. The van der Waals surface area contributed by atoms with Gasteiger partial charge in [-0.2, -0.15) is 0 Å². The van der Waals surface area contributed by atoms with E-state index in [9.17, 15) is 17.6 Å². The Morgan fingerprint density at radius 2 is 1.84 bits per heavy atom. The molecule has 1 amide bonds. The fourth-order valence-corrected chi connectivity index (χ4v) is 5.98. The first-order chi connectivity index (χ1) is 11.9. The number of carbonyl (C=O) groups excluding carboxylic acids is 1. The van der Waals surface area contributed by atoms with Crippen LogP contribution in [0.2, 0.25) is 0 Å². The van der Waals surface area contributed by atoms with Crippen LogP contribution >= 0.6 is 0 Å². The minimum atomic E-state index is -3.08. The molecular formula is C18H25FN2O3S. The molecule has 2 fully saturated rings. The lowest BCUT2D eigenvalue weighted by Gasteiger charge is -2.43. The van der Waals surface area contributed by atoms with E-state index in [1.807, 2.05) is 6.92 Å². The zero-order valence-corrected chi connectivity index (χ0v) is 15.3. The maximum atomic E-state index is 12.9. The van der Waals surface area contributed by atoms with Gasteiger partial charge in [0.15, 0.2) is 9.84 Å². The highest BCUT2D eigenvalue weighted by atomic mass is 32.2. The summed E-state index contributed by atoms with van der Waals surface area (Å²) < 4.78 is 37.0. The summed E-state index contributed by atoms with van der Waals surface area (Å²) in [4.78, 5) is 16.6.